The molecule has 0 radical (unpaired) electrons. The Labute approximate surface area is 182 Å². The Morgan fingerprint density at radius 2 is 1.61 bits per heavy atom. The lowest BCUT2D eigenvalue weighted by atomic mass is 9.95. The quantitative estimate of drug-likeness (QED) is 0.783. The van der Waals surface area contributed by atoms with Crippen molar-refractivity contribution in [1.82, 2.24) is 25.3 Å². The van der Waals surface area contributed by atoms with Gasteiger partial charge in [-0.1, -0.05) is 19.3 Å². The van der Waals surface area contributed by atoms with Crippen LogP contribution in [0.3, 0.4) is 0 Å². The Balaban J connectivity index is 1.29. The Kier molecular flexibility index (Phi) is 6.53. The molecule has 0 unspecified atom stereocenters. The molecule has 8 heteroatoms. The maximum Gasteiger partial charge on any atom is 0.317 e. The molecule has 1 aliphatic heterocycles. The number of amides is 3. The highest BCUT2D eigenvalue weighted by Gasteiger charge is 2.26. The number of aromatic nitrogens is 2. The van der Waals surface area contributed by atoms with Crippen molar-refractivity contribution >= 4 is 11.9 Å². The molecule has 2 heterocycles. The minimum atomic E-state index is -0.315. The average molecular weight is 428 g/mol. The molecule has 1 aromatic carbocycles. The van der Waals surface area contributed by atoms with Gasteiger partial charge in [0.2, 0.25) is 0 Å². The Morgan fingerprint density at radius 3 is 2.29 bits per heavy atom. The van der Waals surface area contributed by atoms with Gasteiger partial charge in [0.15, 0.2) is 0 Å². The lowest BCUT2D eigenvalue weighted by Crippen LogP contribution is -2.51. The summed E-state index contributed by atoms with van der Waals surface area (Å²) in [4.78, 5) is 27.2. The first kappa shape index (κ1) is 21.3. The number of carbonyl (C=O) groups is 2. The Morgan fingerprint density at radius 1 is 0.968 bits per heavy atom. The van der Waals surface area contributed by atoms with Crippen LogP contribution in [0.2, 0.25) is 0 Å². The molecule has 3 amide bonds. The van der Waals surface area contributed by atoms with Crippen LogP contribution in [0.25, 0.3) is 5.69 Å². The molecule has 1 saturated carbocycles. The molecule has 7 nitrogen and oxygen atoms in total. The van der Waals surface area contributed by atoms with E-state index < -0.39 is 0 Å². The highest BCUT2D eigenvalue weighted by Crippen LogP contribution is 2.19. The van der Waals surface area contributed by atoms with Crippen LogP contribution in [0.5, 0.6) is 0 Å². The van der Waals surface area contributed by atoms with Crippen molar-refractivity contribution in [2.75, 3.05) is 13.1 Å². The van der Waals surface area contributed by atoms with Crippen LogP contribution < -0.4 is 10.6 Å². The van der Waals surface area contributed by atoms with Crippen molar-refractivity contribution < 1.29 is 14.0 Å². The zero-order valence-electron chi connectivity index (χ0n) is 17.9. The molecule has 0 atom stereocenters. The Bertz CT molecular complexity index is 913. The molecule has 2 N–H and O–H groups in total. The molecular formula is C23H30FN5O2. The molecule has 4 rings (SSSR count). The van der Waals surface area contributed by atoms with E-state index in [-0.39, 0.29) is 23.8 Å². The van der Waals surface area contributed by atoms with E-state index in [0.717, 1.165) is 25.7 Å². The molecular weight excluding hydrogens is 397 g/mol. The first-order chi connectivity index (χ1) is 15.0. The number of rotatable bonds is 4. The number of benzene rings is 1. The van der Waals surface area contributed by atoms with E-state index in [0.29, 0.717) is 36.1 Å². The van der Waals surface area contributed by atoms with E-state index in [9.17, 15) is 14.0 Å². The lowest BCUT2D eigenvalue weighted by Gasteiger charge is -2.34. The van der Waals surface area contributed by atoms with Crippen molar-refractivity contribution in [3.05, 3.63) is 47.5 Å². The van der Waals surface area contributed by atoms with E-state index in [1.165, 1.54) is 31.4 Å². The van der Waals surface area contributed by atoms with Crippen molar-refractivity contribution in [3.63, 3.8) is 0 Å². The number of hydrogen-bond acceptors (Lipinski definition) is 3. The second kappa shape index (κ2) is 9.49. The number of nitrogens with zero attached hydrogens (tertiary/aromatic N) is 3. The minimum Gasteiger partial charge on any atom is -0.349 e. The van der Waals surface area contributed by atoms with Crippen molar-refractivity contribution in [3.8, 4) is 5.69 Å². The molecule has 31 heavy (non-hydrogen) atoms. The summed E-state index contributed by atoms with van der Waals surface area (Å²) in [6.45, 7) is 3.10. The summed E-state index contributed by atoms with van der Waals surface area (Å²) in [7, 11) is 0. The highest BCUT2D eigenvalue weighted by atomic mass is 19.1. The zero-order valence-corrected chi connectivity index (χ0v) is 17.9. The predicted octanol–water partition coefficient (Wildman–Crippen LogP) is 3.56. The third-order valence-corrected chi connectivity index (χ3v) is 6.38. The van der Waals surface area contributed by atoms with Crippen LogP contribution in [-0.4, -0.2) is 51.8 Å². The maximum absolute atomic E-state index is 13.2. The summed E-state index contributed by atoms with van der Waals surface area (Å²) >= 11 is 0. The fourth-order valence-electron chi connectivity index (χ4n) is 4.48. The molecule has 1 saturated heterocycles. The van der Waals surface area contributed by atoms with Gasteiger partial charge in [0.1, 0.15) is 5.82 Å². The van der Waals surface area contributed by atoms with Gasteiger partial charge < -0.3 is 15.5 Å². The summed E-state index contributed by atoms with van der Waals surface area (Å²) in [6, 6.07) is 6.35. The number of likely N-dealkylation sites (tertiary alicyclic amines) is 1. The highest BCUT2D eigenvalue weighted by molar-refractivity contribution is 5.95. The first-order valence-electron chi connectivity index (χ1n) is 11.2. The number of carbonyl (C=O) groups excluding carboxylic acids is 2. The largest absolute Gasteiger partial charge is 0.349 e. The Hall–Kier alpha value is -2.90. The molecule has 2 aromatic rings. The first-order valence-corrected chi connectivity index (χ1v) is 11.2. The third kappa shape index (κ3) is 5.06. The fraction of sp³-hybridized carbons (Fsp3) is 0.522. The fourth-order valence-corrected chi connectivity index (χ4v) is 4.48. The van der Waals surface area contributed by atoms with Crippen LogP contribution in [-0.2, 0) is 0 Å². The number of piperidine rings is 1. The molecule has 1 aliphatic carbocycles. The van der Waals surface area contributed by atoms with Crippen molar-refractivity contribution in [2.45, 2.75) is 64.0 Å². The smallest absolute Gasteiger partial charge is 0.317 e. The maximum atomic E-state index is 13.2. The van der Waals surface area contributed by atoms with Crippen molar-refractivity contribution in [2.24, 2.45) is 0 Å². The van der Waals surface area contributed by atoms with Crippen LogP contribution in [0.1, 0.15) is 61.0 Å². The summed E-state index contributed by atoms with van der Waals surface area (Å²) in [5.41, 5.74) is 1.91. The topological polar surface area (TPSA) is 79.3 Å². The van der Waals surface area contributed by atoms with Gasteiger partial charge in [0.25, 0.3) is 5.91 Å². The molecule has 0 spiro atoms. The van der Waals surface area contributed by atoms with Gasteiger partial charge in [-0.3, -0.25) is 4.79 Å². The monoisotopic (exact) mass is 427 g/mol. The van der Waals surface area contributed by atoms with Crippen LogP contribution >= 0.6 is 0 Å². The van der Waals surface area contributed by atoms with E-state index in [2.05, 4.69) is 15.7 Å². The van der Waals surface area contributed by atoms with Gasteiger partial charge in [-0.25, -0.2) is 13.9 Å². The van der Waals surface area contributed by atoms with Gasteiger partial charge in [-0.15, -0.1) is 0 Å². The van der Waals surface area contributed by atoms with E-state index in [4.69, 9.17) is 0 Å². The molecule has 2 fully saturated rings. The van der Waals surface area contributed by atoms with Gasteiger partial charge in [0.05, 0.1) is 23.1 Å². The number of urea groups is 1. The minimum absolute atomic E-state index is 0.0214. The normalized spacial score (nSPS) is 18.1. The summed E-state index contributed by atoms with van der Waals surface area (Å²) in [5.74, 6) is -0.485. The van der Waals surface area contributed by atoms with Crippen LogP contribution in [0.4, 0.5) is 9.18 Å². The van der Waals surface area contributed by atoms with E-state index >= 15 is 0 Å². The number of hydrogen-bond donors (Lipinski definition) is 2. The van der Waals surface area contributed by atoms with Crippen LogP contribution in [0.15, 0.2) is 30.5 Å². The number of nitrogens with one attached hydrogen (secondary N) is 2. The zero-order chi connectivity index (χ0) is 21.8. The van der Waals surface area contributed by atoms with Crippen LogP contribution in [0, 0.1) is 12.7 Å². The summed E-state index contributed by atoms with van der Waals surface area (Å²) in [5, 5.41) is 10.5. The molecule has 0 bridgehead atoms. The van der Waals surface area contributed by atoms with Gasteiger partial charge in [-0.05, 0) is 56.9 Å². The summed E-state index contributed by atoms with van der Waals surface area (Å²) in [6.07, 6.45) is 8.79. The lowest BCUT2D eigenvalue weighted by molar-refractivity contribution is 0.0916. The van der Waals surface area contributed by atoms with E-state index in [1.54, 1.807) is 23.0 Å². The van der Waals surface area contributed by atoms with Gasteiger partial charge >= 0.3 is 6.03 Å². The summed E-state index contributed by atoms with van der Waals surface area (Å²) < 4.78 is 14.8. The SMILES string of the molecule is Cc1c(C(=O)NC2CCN(C(=O)NC3CCCCC3)CC2)cnn1-c1ccc(F)cc1. The molecule has 1 aromatic heterocycles. The molecule has 166 valence electrons. The molecule has 2 aliphatic rings. The predicted molar refractivity (Wildman–Crippen MR) is 116 cm³/mol. The average Bonchev–Trinajstić information content (AvgIpc) is 3.17. The standard InChI is InChI=1S/C23H30FN5O2/c1-16-21(15-25-29(16)20-9-7-17(24)8-10-20)22(30)26-19-11-13-28(14-12-19)23(31)27-18-5-3-2-4-6-18/h7-10,15,18-19H,2-6,11-14H2,1H3,(H,26,30)(H,27,31). The second-order valence-corrected chi connectivity index (χ2v) is 8.55. The third-order valence-electron chi connectivity index (χ3n) is 6.38. The van der Waals surface area contributed by atoms with Gasteiger partial charge in [0, 0.05) is 25.2 Å². The van der Waals surface area contributed by atoms with Crippen molar-refractivity contribution in [1.29, 1.82) is 0 Å². The second-order valence-electron chi connectivity index (χ2n) is 8.55. The van der Waals surface area contributed by atoms with E-state index in [1.807, 2.05) is 11.8 Å². The number of halogens is 1. The van der Waals surface area contributed by atoms with Gasteiger partial charge in [-0.2, -0.15) is 5.10 Å².